The molecule has 280 valence electrons. The van der Waals surface area contributed by atoms with Crippen LogP contribution in [0.25, 0.3) is 109 Å². The van der Waals surface area contributed by atoms with Crippen molar-refractivity contribution in [2.45, 2.75) is 0 Å². The van der Waals surface area contributed by atoms with E-state index in [1.807, 2.05) is 28.8 Å². The molecule has 12 aromatic rings. The second-order valence-corrected chi connectivity index (χ2v) is 17.5. The van der Waals surface area contributed by atoms with E-state index in [9.17, 15) is 0 Å². The maximum atomic E-state index is 7.45. The van der Waals surface area contributed by atoms with Crippen molar-refractivity contribution in [3.05, 3.63) is 164 Å². The number of hydrogen-bond acceptors (Lipinski definition) is 1. The molecule has 64 heavy (non-hydrogen) atoms. The van der Waals surface area contributed by atoms with Crippen molar-refractivity contribution in [2.24, 2.45) is 0 Å². The molecule has 0 atom stereocenters. The van der Waals surface area contributed by atoms with Crippen LogP contribution in [0.3, 0.4) is 0 Å². The molecule has 3 aromatic heterocycles. The number of fused-ring (bicyclic) bond motifs is 9. The van der Waals surface area contributed by atoms with Crippen molar-refractivity contribution in [3.8, 4) is 44.8 Å². The van der Waals surface area contributed by atoms with E-state index >= 15 is 0 Å². The van der Waals surface area contributed by atoms with Crippen molar-refractivity contribution in [2.75, 3.05) is 0 Å². The van der Waals surface area contributed by atoms with E-state index in [2.05, 4.69) is 144 Å². The summed E-state index contributed by atoms with van der Waals surface area (Å²) in [5.74, 6) is 0. The monoisotopic (exact) mass is 812 g/mol. The molecule has 0 amide bonds. The fourth-order valence-corrected chi connectivity index (χ4v) is 11.0. The van der Waals surface area contributed by atoms with Crippen LogP contribution >= 0.6 is 11.3 Å². The molecule has 12 rings (SSSR count). The minimum atomic E-state index is 0.180. The Labute approximate surface area is 383 Å². The Morgan fingerprint density at radius 2 is 0.922 bits per heavy atom. The van der Waals surface area contributed by atoms with Crippen LogP contribution in [0.1, 0.15) is 0 Å². The second kappa shape index (κ2) is 14.7. The molecule has 9 aromatic carbocycles. The van der Waals surface area contributed by atoms with E-state index < -0.39 is 0 Å². The molecule has 0 saturated heterocycles. The molecular weight excluding hydrogens is 784 g/mol. The number of aromatic nitrogens is 2. The van der Waals surface area contributed by atoms with Crippen molar-refractivity contribution in [1.29, 1.82) is 0 Å². The maximum Gasteiger partial charge on any atom is 0.115 e. The van der Waals surface area contributed by atoms with E-state index in [0.717, 1.165) is 76.5 Å². The van der Waals surface area contributed by atoms with Gasteiger partial charge in [-0.05, 0) is 93.4 Å². The number of rotatable bonds is 5. The highest BCUT2D eigenvalue weighted by atomic mass is 32.1. The van der Waals surface area contributed by atoms with Gasteiger partial charge in [0.2, 0.25) is 0 Å². The Hall–Kier alpha value is -6.75. The topological polar surface area (TPSA) is 9.86 Å². The molecule has 0 aliphatic rings. The molecule has 0 unspecified atom stereocenters. The van der Waals surface area contributed by atoms with Crippen molar-refractivity contribution >= 4 is 168 Å². The molecule has 10 heteroatoms. The fraction of sp³-hybridized carbons (Fsp3) is 0. The minimum absolute atomic E-state index is 0.180. The summed E-state index contributed by atoms with van der Waals surface area (Å²) in [4.78, 5) is 0. The van der Waals surface area contributed by atoms with Crippen molar-refractivity contribution < 1.29 is 0 Å². The molecule has 0 aliphatic carbocycles. The van der Waals surface area contributed by atoms with E-state index in [1.165, 1.54) is 4.70 Å². The first-order chi connectivity index (χ1) is 31.2. The van der Waals surface area contributed by atoms with Gasteiger partial charge in [0.25, 0.3) is 0 Å². The van der Waals surface area contributed by atoms with Crippen LogP contribution in [-0.4, -0.2) is 64.1 Å². The standard InChI is InChI=1S/C54H27B7N2S/c55-46-42(47(56)51(60)53-44(46)45-48(57)49(58)50(59)52(61)54(45)63(53)33-23-25-41-36(27-33)35-14-7-8-17-40(35)64-41)31-20-24-38-37(26-31)43-34(30-12-5-2-6-13-30)15-9-16-39(43)62(38)32-21-18-29(19-22-32)28-10-3-1-4-11-28/h1-27H. The summed E-state index contributed by atoms with van der Waals surface area (Å²) in [5.41, 5.74) is 12.9. The predicted molar refractivity (Wildman–Crippen MR) is 282 cm³/mol. The Kier molecular flexibility index (Phi) is 8.91. The normalized spacial score (nSPS) is 11.9. The van der Waals surface area contributed by atoms with Crippen LogP contribution in [-0.2, 0) is 0 Å². The molecule has 0 aliphatic heterocycles. The SMILES string of the molecule is [B]c1c([B])c([B])c2c(c1[B])c1c([B])c(-c3ccc4c(c3)c3c(-c5ccccc5)cccc3n4-c3ccc(-c4ccccc4)cc3)c([B])c([B])c1n2-c1ccc2sc3ccccc3c2c1. The highest BCUT2D eigenvalue weighted by Gasteiger charge is 2.25. The third kappa shape index (κ3) is 5.61. The van der Waals surface area contributed by atoms with E-state index in [1.54, 1.807) is 11.3 Å². The molecule has 0 bridgehead atoms. The lowest BCUT2D eigenvalue weighted by molar-refractivity contribution is 1.18. The number of nitrogens with zero attached hydrogens (tertiary/aromatic N) is 2. The molecule has 0 spiro atoms. The summed E-state index contributed by atoms with van der Waals surface area (Å²) in [5, 5.41) is 5.51. The van der Waals surface area contributed by atoms with Gasteiger partial charge in [0, 0.05) is 58.7 Å². The number of hydrogen-bond donors (Lipinski definition) is 0. The largest absolute Gasteiger partial charge is 0.311 e. The third-order valence-electron chi connectivity index (χ3n) is 12.9. The molecule has 0 fully saturated rings. The van der Waals surface area contributed by atoms with Crippen LogP contribution in [0.2, 0.25) is 0 Å². The van der Waals surface area contributed by atoms with Crippen molar-refractivity contribution in [3.63, 3.8) is 0 Å². The lowest BCUT2D eigenvalue weighted by Crippen LogP contribution is -2.48. The zero-order valence-electron chi connectivity index (χ0n) is 34.4. The van der Waals surface area contributed by atoms with E-state index in [-0.39, 0.29) is 21.9 Å². The summed E-state index contributed by atoms with van der Waals surface area (Å²) in [6, 6.07) is 57.0. The summed E-state index contributed by atoms with van der Waals surface area (Å²) < 4.78 is 6.63. The Balaban J connectivity index is 1.14. The smallest absolute Gasteiger partial charge is 0.115 e. The van der Waals surface area contributed by atoms with Crippen LogP contribution in [0.15, 0.2) is 164 Å². The first kappa shape index (κ1) is 38.9. The fourth-order valence-electron chi connectivity index (χ4n) is 9.91. The average Bonchev–Trinajstić information content (AvgIpc) is 4.01. The van der Waals surface area contributed by atoms with Crippen LogP contribution in [0.5, 0.6) is 0 Å². The molecular formula is C54H27B7N2S. The Morgan fingerprint density at radius 1 is 0.328 bits per heavy atom. The van der Waals surface area contributed by atoms with Gasteiger partial charge in [-0.15, -0.1) is 22.3 Å². The average molecular weight is 812 g/mol. The van der Waals surface area contributed by atoms with Crippen LogP contribution in [0, 0.1) is 0 Å². The van der Waals surface area contributed by atoms with Gasteiger partial charge in [0.1, 0.15) is 54.9 Å². The Morgan fingerprint density at radius 3 is 1.67 bits per heavy atom. The number of thiophene rings is 1. The third-order valence-corrected chi connectivity index (χ3v) is 14.1. The molecule has 14 radical (unpaired) electrons. The molecule has 2 nitrogen and oxygen atoms in total. The predicted octanol–water partition coefficient (Wildman–Crippen LogP) is 6.81. The summed E-state index contributed by atoms with van der Waals surface area (Å²) >= 11 is 1.74. The van der Waals surface area contributed by atoms with Gasteiger partial charge in [0.15, 0.2) is 0 Å². The lowest BCUT2D eigenvalue weighted by Gasteiger charge is -2.19. The highest BCUT2D eigenvalue weighted by Crippen LogP contribution is 2.41. The minimum Gasteiger partial charge on any atom is -0.311 e. The first-order valence-electron chi connectivity index (χ1n) is 21.0. The lowest BCUT2D eigenvalue weighted by atomic mass is 9.64. The van der Waals surface area contributed by atoms with Gasteiger partial charge in [-0.1, -0.05) is 137 Å². The van der Waals surface area contributed by atoms with Crippen LogP contribution < -0.4 is 38.2 Å². The first-order valence-corrected chi connectivity index (χ1v) is 21.8. The van der Waals surface area contributed by atoms with E-state index in [0.29, 0.717) is 43.8 Å². The Bertz CT molecular complexity index is 3910. The molecule has 0 N–H and O–H groups in total. The quantitative estimate of drug-likeness (QED) is 0.169. The maximum absolute atomic E-state index is 7.45. The van der Waals surface area contributed by atoms with Gasteiger partial charge in [0.05, 0.1) is 11.0 Å². The zero-order chi connectivity index (χ0) is 43.5. The van der Waals surface area contributed by atoms with Gasteiger partial charge in [-0.2, -0.15) is 0 Å². The summed E-state index contributed by atoms with van der Waals surface area (Å²) in [6.07, 6.45) is 0. The van der Waals surface area contributed by atoms with Crippen molar-refractivity contribution in [1.82, 2.24) is 9.13 Å². The van der Waals surface area contributed by atoms with Gasteiger partial charge in [-0.3, -0.25) is 0 Å². The van der Waals surface area contributed by atoms with Gasteiger partial charge < -0.3 is 9.13 Å². The summed E-state index contributed by atoms with van der Waals surface area (Å²) in [6.45, 7) is 0. The molecule has 3 heterocycles. The van der Waals surface area contributed by atoms with Gasteiger partial charge >= 0.3 is 0 Å². The van der Waals surface area contributed by atoms with Gasteiger partial charge in [-0.25, -0.2) is 0 Å². The highest BCUT2D eigenvalue weighted by molar-refractivity contribution is 7.25. The molecule has 0 saturated carbocycles. The number of benzene rings is 9. The second-order valence-electron chi connectivity index (χ2n) is 16.4. The zero-order valence-corrected chi connectivity index (χ0v) is 35.2. The summed E-state index contributed by atoms with van der Waals surface area (Å²) in [7, 11) is 49.0. The van der Waals surface area contributed by atoms with E-state index in [4.69, 9.17) is 54.9 Å². The van der Waals surface area contributed by atoms with Crippen LogP contribution in [0.4, 0.5) is 0 Å².